The second-order valence-electron chi connectivity index (χ2n) is 4.75. The zero-order valence-electron chi connectivity index (χ0n) is 11.3. The first kappa shape index (κ1) is 13.1. The summed E-state index contributed by atoms with van der Waals surface area (Å²) in [6.45, 7) is 5.96. The lowest BCUT2D eigenvalue weighted by Gasteiger charge is -2.15. The van der Waals surface area contributed by atoms with Crippen LogP contribution >= 0.6 is 0 Å². The van der Waals surface area contributed by atoms with Gasteiger partial charge in [-0.2, -0.15) is 0 Å². The molecule has 0 radical (unpaired) electrons. The molecule has 2 aromatic carbocycles. The highest BCUT2D eigenvalue weighted by atomic mass is 16.4. The summed E-state index contributed by atoms with van der Waals surface area (Å²) in [5.41, 5.74) is 5.10. The zero-order chi connectivity index (χ0) is 14.0. The molecule has 0 heterocycles. The lowest BCUT2D eigenvalue weighted by Crippen LogP contribution is -2.04. The van der Waals surface area contributed by atoms with Gasteiger partial charge in [0.05, 0.1) is 11.3 Å². The van der Waals surface area contributed by atoms with Crippen molar-refractivity contribution in [2.45, 2.75) is 20.8 Å². The number of carboxylic acids is 1. The molecule has 0 aliphatic heterocycles. The van der Waals surface area contributed by atoms with E-state index in [1.165, 1.54) is 0 Å². The first-order valence-corrected chi connectivity index (χ1v) is 6.16. The molecule has 0 bridgehead atoms. The number of carboxylic acid groups (broad SMARTS) is 1. The Morgan fingerprint density at radius 1 is 1.05 bits per heavy atom. The number of benzene rings is 2. The molecular formula is C16H17NO2. The summed E-state index contributed by atoms with van der Waals surface area (Å²) in [4.78, 5) is 11.3. The van der Waals surface area contributed by atoms with Gasteiger partial charge in [-0.1, -0.05) is 24.3 Å². The van der Waals surface area contributed by atoms with Crippen LogP contribution in [0, 0.1) is 20.8 Å². The molecule has 0 aliphatic rings. The Labute approximate surface area is 112 Å². The monoisotopic (exact) mass is 255 g/mol. The minimum atomic E-state index is -0.922. The number of aryl methyl sites for hydroxylation is 3. The van der Waals surface area contributed by atoms with E-state index in [9.17, 15) is 9.90 Å². The van der Waals surface area contributed by atoms with Gasteiger partial charge in [0.2, 0.25) is 0 Å². The fourth-order valence-corrected chi connectivity index (χ4v) is 2.09. The molecule has 0 saturated heterocycles. The predicted octanol–water partition coefficient (Wildman–Crippen LogP) is 4.05. The third kappa shape index (κ3) is 2.76. The molecule has 0 saturated carbocycles. The van der Waals surface area contributed by atoms with Gasteiger partial charge in [0.1, 0.15) is 0 Å². The van der Waals surface area contributed by atoms with Crippen LogP contribution in [0.5, 0.6) is 0 Å². The van der Waals surface area contributed by atoms with Gasteiger partial charge in [-0.15, -0.1) is 0 Å². The Bertz CT molecular complexity index is 612. The Morgan fingerprint density at radius 2 is 1.68 bits per heavy atom. The smallest absolute Gasteiger partial charge is 0.337 e. The van der Waals surface area contributed by atoms with Crippen LogP contribution in [-0.2, 0) is 0 Å². The fourth-order valence-electron chi connectivity index (χ4n) is 2.09. The van der Waals surface area contributed by atoms with Crippen LogP contribution in [0.2, 0.25) is 0 Å². The third-order valence-corrected chi connectivity index (χ3v) is 3.15. The van der Waals surface area contributed by atoms with Gasteiger partial charge in [0.25, 0.3) is 0 Å². The van der Waals surface area contributed by atoms with Crippen LogP contribution in [0.25, 0.3) is 0 Å². The highest BCUT2D eigenvalue weighted by Crippen LogP contribution is 2.27. The van der Waals surface area contributed by atoms with E-state index < -0.39 is 5.97 Å². The Hall–Kier alpha value is -2.29. The van der Waals surface area contributed by atoms with Gasteiger partial charge in [0.15, 0.2) is 0 Å². The number of rotatable bonds is 3. The van der Waals surface area contributed by atoms with E-state index in [4.69, 9.17) is 0 Å². The SMILES string of the molecule is Cc1ccc(C(=O)O)c(Nc2c(C)cccc2C)c1. The van der Waals surface area contributed by atoms with Gasteiger partial charge < -0.3 is 10.4 Å². The molecule has 19 heavy (non-hydrogen) atoms. The maximum Gasteiger partial charge on any atom is 0.337 e. The van der Waals surface area contributed by atoms with E-state index in [0.29, 0.717) is 5.69 Å². The van der Waals surface area contributed by atoms with Gasteiger partial charge in [0, 0.05) is 5.69 Å². The number of hydrogen-bond donors (Lipinski definition) is 2. The van der Waals surface area contributed by atoms with E-state index >= 15 is 0 Å². The van der Waals surface area contributed by atoms with Crippen LogP contribution in [-0.4, -0.2) is 11.1 Å². The summed E-state index contributed by atoms with van der Waals surface area (Å²) in [7, 11) is 0. The minimum Gasteiger partial charge on any atom is -0.478 e. The Kier molecular flexibility index (Phi) is 3.56. The maximum atomic E-state index is 11.3. The normalized spacial score (nSPS) is 10.3. The maximum absolute atomic E-state index is 11.3. The van der Waals surface area contributed by atoms with Crippen LogP contribution in [0.4, 0.5) is 11.4 Å². The Balaban J connectivity index is 2.49. The van der Waals surface area contributed by atoms with Crippen LogP contribution < -0.4 is 5.32 Å². The summed E-state index contributed by atoms with van der Waals surface area (Å²) in [6, 6.07) is 11.3. The van der Waals surface area contributed by atoms with Crippen molar-refractivity contribution >= 4 is 17.3 Å². The first-order chi connectivity index (χ1) is 8.99. The molecule has 0 unspecified atom stereocenters. The molecule has 0 spiro atoms. The molecule has 98 valence electrons. The van der Waals surface area contributed by atoms with E-state index in [1.807, 2.05) is 45.0 Å². The lowest BCUT2D eigenvalue weighted by atomic mass is 10.1. The average molecular weight is 255 g/mol. The molecule has 3 nitrogen and oxygen atoms in total. The van der Waals surface area contributed by atoms with Crippen molar-refractivity contribution in [2.24, 2.45) is 0 Å². The average Bonchev–Trinajstić information content (AvgIpc) is 2.33. The number of aromatic carboxylic acids is 1. The molecule has 0 amide bonds. The number of carbonyl (C=O) groups is 1. The number of anilines is 2. The quantitative estimate of drug-likeness (QED) is 0.869. The molecular weight excluding hydrogens is 238 g/mol. The lowest BCUT2D eigenvalue weighted by molar-refractivity contribution is 0.0698. The largest absolute Gasteiger partial charge is 0.478 e. The highest BCUT2D eigenvalue weighted by molar-refractivity contribution is 5.95. The number of para-hydroxylation sites is 1. The summed E-state index contributed by atoms with van der Waals surface area (Å²) < 4.78 is 0. The third-order valence-electron chi connectivity index (χ3n) is 3.15. The van der Waals surface area contributed by atoms with Gasteiger partial charge in [-0.3, -0.25) is 0 Å². The van der Waals surface area contributed by atoms with Crippen molar-refractivity contribution in [3.63, 3.8) is 0 Å². The first-order valence-electron chi connectivity index (χ1n) is 6.16. The second kappa shape index (κ2) is 5.14. The van der Waals surface area contributed by atoms with Crippen molar-refractivity contribution in [2.75, 3.05) is 5.32 Å². The highest BCUT2D eigenvalue weighted by Gasteiger charge is 2.11. The van der Waals surface area contributed by atoms with Crippen LogP contribution in [0.1, 0.15) is 27.0 Å². The van der Waals surface area contributed by atoms with E-state index in [0.717, 1.165) is 22.4 Å². The standard InChI is InChI=1S/C16H17NO2/c1-10-7-8-13(16(18)19)14(9-10)17-15-11(2)5-4-6-12(15)3/h4-9,17H,1-3H3,(H,18,19). The molecule has 0 fully saturated rings. The van der Waals surface area contributed by atoms with Crippen molar-refractivity contribution in [1.82, 2.24) is 0 Å². The second-order valence-corrected chi connectivity index (χ2v) is 4.75. The summed E-state index contributed by atoms with van der Waals surface area (Å²) in [5, 5.41) is 12.5. The van der Waals surface area contributed by atoms with Crippen molar-refractivity contribution in [3.05, 3.63) is 58.7 Å². The number of hydrogen-bond acceptors (Lipinski definition) is 2. The summed E-state index contributed by atoms with van der Waals surface area (Å²) in [6.07, 6.45) is 0. The fraction of sp³-hybridized carbons (Fsp3) is 0.188. The van der Waals surface area contributed by atoms with Crippen LogP contribution in [0.15, 0.2) is 36.4 Å². The number of nitrogens with one attached hydrogen (secondary N) is 1. The van der Waals surface area contributed by atoms with Crippen molar-refractivity contribution in [1.29, 1.82) is 0 Å². The van der Waals surface area contributed by atoms with Crippen LogP contribution in [0.3, 0.4) is 0 Å². The minimum absolute atomic E-state index is 0.285. The summed E-state index contributed by atoms with van der Waals surface area (Å²) >= 11 is 0. The molecule has 2 N–H and O–H groups in total. The van der Waals surface area contributed by atoms with E-state index in [-0.39, 0.29) is 5.56 Å². The Morgan fingerprint density at radius 3 is 2.26 bits per heavy atom. The van der Waals surface area contributed by atoms with Crippen molar-refractivity contribution in [3.8, 4) is 0 Å². The zero-order valence-corrected chi connectivity index (χ0v) is 11.3. The van der Waals surface area contributed by atoms with E-state index in [1.54, 1.807) is 12.1 Å². The topological polar surface area (TPSA) is 49.3 Å². The molecule has 0 aliphatic carbocycles. The molecule has 3 heteroatoms. The van der Waals surface area contributed by atoms with Gasteiger partial charge in [-0.25, -0.2) is 4.79 Å². The molecule has 2 aromatic rings. The van der Waals surface area contributed by atoms with Crippen molar-refractivity contribution < 1.29 is 9.90 Å². The van der Waals surface area contributed by atoms with Gasteiger partial charge >= 0.3 is 5.97 Å². The summed E-state index contributed by atoms with van der Waals surface area (Å²) in [5.74, 6) is -0.922. The molecule has 0 atom stereocenters. The molecule has 0 aromatic heterocycles. The predicted molar refractivity (Wildman–Crippen MR) is 77.3 cm³/mol. The van der Waals surface area contributed by atoms with E-state index in [2.05, 4.69) is 5.32 Å². The van der Waals surface area contributed by atoms with Gasteiger partial charge in [-0.05, 0) is 49.6 Å². The molecule has 2 rings (SSSR count).